The predicted octanol–water partition coefficient (Wildman–Crippen LogP) is 3.21. The quantitative estimate of drug-likeness (QED) is 0.851. The van der Waals surface area contributed by atoms with Crippen LogP contribution >= 0.6 is 0 Å². The van der Waals surface area contributed by atoms with Crippen molar-refractivity contribution in [2.75, 3.05) is 17.1 Å². The molecule has 0 atom stereocenters. The fourth-order valence-electron chi connectivity index (χ4n) is 1.85. The first-order valence-electron chi connectivity index (χ1n) is 6.97. The lowest BCUT2D eigenvalue weighted by Gasteiger charge is -2.10. The Balaban J connectivity index is 1.88. The maximum absolute atomic E-state index is 13.4. The Kier molecular flexibility index (Phi) is 5.38. The van der Waals surface area contributed by atoms with E-state index in [0.29, 0.717) is 5.75 Å². The number of rotatable bonds is 7. The third kappa shape index (κ3) is 4.73. The first kappa shape index (κ1) is 16.3. The minimum absolute atomic E-state index is 0.00470. The summed E-state index contributed by atoms with van der Waals surface area (Å²) in [6.45, 7) is 2.05. The van der Waals surface area contributed by atoms with Crippen LogP contribution in [0.2, 0.25) is 0 Å². The number of halogens is 1. The molecule has 22 heavy (non-hydrogen) atoms. The average Bonchev–Trinajstić information content (AvgIpc) is 2.50. The van der Waals surface area contributed by atoms with E-state index in [0.717, 1.165) is 6.42 Å². The second-order valence-electron chi connectivity index (χ2n) is 4.75. The van der Waals surface area contributed by atoms with Gasteiger partial charge in [0.25, 0.3) is 0 Å². The van der Waals surface area contributed by atoms with Crippen LogP contribution in [-0.2, 0) is 16.4 Å². The minimum atomic E-state index is -3.66. The molecule has 0 unspecified atom stereocenters. The monoisotopic (exact) mass is 323 g/mol. The van der Waals surface area contributed by atoms with Crippen LogP contribution < -0.4 is 9.46 Å². The molecule has 0 aliphatic carbocycles. The molecule has 118 valence electrons. The van der Waals surface area contributed by atoms with Crippen LogP contribution in [0.25, 0.3) is 0 Å². The van der Waals surface area contributed by atoms with Gasteiger partial charge >= 0.3 is 0 Å². The van der Waals surface area contributed by atoms with E-state index in [1.54, 1.807) is 18.2 Å². The van der Waals surface area contributed by atoms with Crippen LogP contribution in [0.15, 0.2) is 48.5 Å². The summed E-state index contributed by atoms with van der Waals surface area (Å²) in [7, 11) is -3.66. The molecule has 4 nitrogen and oxygen atoms in total. The number of aryl methyl sites for hydroxylation is 1. The van der Waals surface area contributed by atoms with Crippen molar-refractivity contribution in [1.82, 2.24) is 0 Å². The van der Waals surface area contributed by atoms with Gasteiger partial charge in [0.05, 0.1) is 5.69 Å². The molecule has 1 N–H and O–H groups in total. The van der Waals surface area contributed by atoms with Crippen molar-refractivity contribution >= 4 is 15.7 Å². The molecule has 0 radical (unpaired) electrons. The van der Waals surface area contributed by atoms with Gasteiger partial charge in [-0.15, -0.1) is 0 Å². The van der Waals surface area contributed by atoms with Gasteiger partial charge in [-0.25, -0.2) is 12.8 Å². The van der Waals surface area contributed by atoms with Crippen LogP contribution in [0.1, 0.15) is 12.5 Å². The van der Waals surface area contributed by atoms with Crippen LogP contribution in [0.4, 0.5) is 10.1 Å². The SMILES string of the molecule is CCc1ccc(OCCS(=O)(=O)Nc2ccccc2F)cc1. The fourth-order valence-corrected chi connectivity index (χ4v) is 2.76. The highest BCUT2D eigenvalue weighted by molar-refractivity contribution is 7.92. The van der Waals surface area contributed by atoms with Crippen LogP contribution in [0.3, 0.4) is 0 Å². The number of ether oxygens (including phenoxy) is 1. The predicted molar refractivity (Wildman–Crippen MR) is 85.1 cm³/mol. The lowest BCUT2D eigenvalue weighted by molar-refractivity contribution is 0.341. The fraction of sp³-hybridized carbons (Fsp3) is 0.250. The van der Waals surface area contributed by atoms with Gasteiger partial charge in [0.1, 0.15) is 23.9 Å². The Hall–Kier alpha value is -2.08. The van der Waals surface area contributed by atoms with Gasteiger partial charge in [0.15, 0.2) is 0 Å². The highest BCUT2D eigenvalue weighted by atomic mass is 32.2. The molecule has 0 saturated heterocycles. The normalized spacial score (nSPS) is 11.2. The van der Waals surface area contributed by atoms with E-state index in [4.69, 9.17) is 4.74 Å². The van der Waals surface area contributed by atoms with Crippen molar-refractivity contribution < 1.29 is 17.5 Å². The minimum Gasteiger partial charge on any atom is -0.492 e. The Bertz CT molecular complexity index is 714. The van der Waals surface area contributed by atoms with Gasteiger partial charge in [-0.3, -0.25) is 4.72 Å². The standard InChI is InChI=1S/C16H18FNO3S/c1-2-13-7-9-14(10-8-13)21-11-12-22(19,20)18-16-6-4-3-5-15(16)17/h3-10,18H,2,11-12H2,1H3. The molecule has 0 amide bonds. The van der Waals surface area contributed by atoms with Crippen molar-refractivity contribution in [2.24, 2.45) is 0 Å². The summed E-state index contributed by atoms with van der Waals surface area (Å²) in [4.78, 5) is 0. The van der Waals surface area contributed by atoms with Crippen molar-refractivity contribution in [3.05, 3.63) is 59.9 Å². The Morgan fingerprint density at radius 3 is 2.41 bits per heavy atom. The maximum atomic E-state index is 13.4. The van der Waals surface area contributed by atoms with E-state index < -0.39 is 15.8 Å². The van der Waals surface area contributed by atoms with Crippen molar-refractivity contribution in [1.29, 1.82) is 0 Å². The Morgan fingerprint density at radius 1 is 1.09 bits per heavy atom. The van der Waals surface area contributed by atoms with E-state index in [1.165, 1.54) is 23.8 Å². The molecule has 0 fully saturated rings. The molecule has 0 bridgehead atoms. The molecular weight excluding hydrogens is 305 g/mol. The van der Waals surface area contributed by atoms with Gasteiger partial charge in [0, 0.05) is 0 Å². The molecule has 0 saturated carbocycles. The Labute approximate surface area is 130 Å². The number of nitrogens with one attached hydrogen (secondary N) is 1. The molecular formula is C16H18FNO3S. The van der Waals surface area contributed by atoms with Crippen LogP contribution in [0.5, 0.6) is 5.75 Å². The summed E-state index contributed by atoms with van der Waals surface area (Å²) >= 11 is 0. The molecule has 2 aromatic carbocycles. The number of para-hydroxylation sites is 1. The molecule has 0 aromatic heterocycles. The summed E-state index contributed by atoms with van der Waals surface area (Å²) in [5, 5.41) is 0. The molecule has 2 rings (SSSR count). The first-order valence-corrected chi connectivity index (χ1v) is 8.62. The number of benzene rings is 2. The van der Waals surface area contributed by atoms with E-state index in [2.05, 4.69) is 11.6 Å². The average molecular weight is 323 g/mol. The Morgan fingerprint density at radius 2 is 1.77 bits per heavy atom. The van der Waals surface area contributed by atoms with E-state index >= 15 is 0 Å². The number of anilines is 1. The molecule has 6 heteroatoms. The number of hydrogen-bond donors (Lipinski definition) is 1. The van der Waals surface area contributed by atoms with Crippen molar-refractivity contribution in [3.8, 4) is 5.75 Å². The van der Waals surface area contributed by atoms with E-state index in [9.17, 15) is 12.8 Å². The highest BCUT2D eigenvalue weighted by Crippen LogP contribution is 2.15. The zero-order valence-corrected chi connectivity index (χ0v) is 13.1. The van der Waals surface area contributed by atoms with E-state index in [1.807, 2.05) is 12.1 Å². The van der Waals surface area contributed by atoms with Gasteiger partial charge in [-0.05, 0) is 36.2 Å². The molecule has 0 aliphatic heterocycles. The van der Waals surface area contributed by atoms with Gasteiger partial charge < -0.3 is 4.74 Å². The molecule has 0 spiro atoms. The lowest BCUT2D eigenvalue weighted by Crippen LogP contribution is -2.21. The zero-order chi connectivity index (χ0) is 16.0. The lowest BCUT2D eigenvalue weighted by atomic mass is 10.2. The number of hydrogen-bond acceptors (Lipinski definition) is 3. The molecule has 0 aliphatic rings. The molecule has 0 heterocycles. The van der Waals surface area contributed by atoms with Crippen LogP contribution in [0, 0.1) is 5.82 Å². The highest BCUT2D eigenvalue weighted by Gasteiger charge is 2.13. The second kappa shape index (κ2) is 7.26. The second-order valence-corrected chi connectivity index (χ2v) is 6.59. The topological polar surface area (TPSA) is 55.4 Å². The summed E-state index contributed by atoms with van der Waals surface area (Å²) in [6.07, 6.45) is 0.932. The van der Waals surface area contributed by atoms with Gasteiger partial charge in [0.2, 0.25) is 10.0 Å². The molecule has 2 aromatic rings. The van der Waals surface area contributed by atoms with Gasteiger partial charge in [-0.2, -0.15) is 0 Å². The summed E-state index contributed by atoms with van der Waals surface area (Å²) in [5.74, 6) is -0.253. The number of sulfonamides is 1. The van der Waals surface area contributed by atoms with Crippen LogP contribution in [-0.4, -0.2) is 20.8 Å². The summed E-state index contributed by atoms with van der Waals surface area (Å²) in [6, 6.07) is 13.1. The summed E-state index contributed by atoms with van der Waals surface area (Å²) in [5.41, 5.74) is 1.12. The first-order chi connectivity index (χ1) is 10.5. The third-order valence-electron chi connectivity index (χ3n) is 3.09. The zero-order valence-electron chi connectivity index (χ0n) is 12.3. The summed E-state index contributed by atoms with van der Waals surface area (Å²) < 4.78 is 44.8. The smallest absolute Gasteiger partial charge is 0.236 e. The van der Waals surface area contributed by atoms with Crippen molar-refractivity contribution in [2.45, 2.75) is 13.3 Å². The third-order valence-corrected chi connectivity index (χ3v) is 4.33. The van der Waals surface area contributed by atoms with Gasteiger partial charge in [-0.1, -0.05) is 31.2 Å². The van der Waals surface area contributed by atoms with Crippen molar-refractivity contribution in [3.63, 3.8) is 0 Å². The van der Waals surface area contributed by atoms with E-state index in [-0.39, 0.29) is 18.0 Å². The largest absolute Gasteiger partial charge is 0.492 e. The maximum Gasteiger partial charge on any atom is 0.236 e.